The number of benzene rings is 2. The Hall–Kier alpha value is -2.60. The number of H-pyrrole nitrogens is 1. The number of nitrogens with one attached hydrogen (secondary N) is 1. The summed E-state index contributed by atoms with van der Waals surface area (Å²) in [6, 6.07) is 12.5. The minimum Gasteiger partial charge on any atom is -0.478 e. The van der Waals surface area contributed by atoms with Gasteiger partial charge in [0, 0.05) is 17.1 Å². The Bertz CT molecular complexity index is 927. The SMILES string of the molecule is O=C(O)c1c[nH]c2ccc(S(=O)(=O)c3ccccc3)cc12. The number of rotatable bonds is 3. The predicted octanol–water partition coefficient (Wildman–Crippen LogP) is 2.70. The molecule has 0 atom stereocenters. The van der Waals surface area contributed by atoms with Crippen LogP contribution in [-0.2, 0) is 9.84 Å². The first-order valence-electron chi connectivity index (χ1n) is 6.15. The van der Waals surface area contributed by atoms with Crippen LogP contribution in [0.25, 0.3) is 10.9 Å². The highest BCUT2D eigenvalue weighted by Crippen LogP contribution is 2.26. The van der Waals surface area contributed by atoms with Gasteiger partial charge in [0.1, 0.15) is 0 Å². The van der Waals surface area contributed by atoms with Gasteiger partial charge in [-0.15, -0.1) is 0 Å². The molecule has 0 aliphatic rings. The summed E-state index contributed by atoms with van der Waals surface area (Å²) in [5.74, 6) is -1.10. The van der Waals surface area contributed by atoms with E-state index in [4.69, 9.17) is 5.11 Å². The molecule has 0 radical (unpaired) electrons. The van der Waals surface area contributed by atoms with E-state index in [1.165, 1.54) is 30.5 Å². The molecule has 6 heteroatoms. The van der Waals surface area contributed by atoms with Crippen molar-refractivity contribution in [3.8, 4) is 0 Å². The lowest BCUT2D eigenvalue weighted by Gasteiger charge is -2.05. The van der Waals surface area contributed by atoms with Gasteiger partial charge in [-0.05, 0) is 30.3 Å². The van der Waals surface area contributed by atoms with Gasteiger partial charge in [0.15, 0.2) is 0 Å². The second kappa shape index (κ2) is 4.75. The van der Waals surface area contributed by atoms with Crippen LogP contribution in [-0.4, -0.2) is 24.5 Å². The second-order valence-corrected chi connectivity index (χ2v) is 6.48. The molecule has 0 spiro atoms. The lowest BCUT2D eigenvalue weighted by Crippen LogP contribution is -2.02. The number of hydrogen-bond donors (Lipinski definition) is 2. The van der Waals surface area contributed by atoms with E-state index in [2.05, 4.69) is 4.98 Å². The van der Waals surface area contributed by atoms with Crippen molar-refractivity contribution in [1.29, 1.82) is 0 Å². The van der Waals surface area contributed by atoms with Crippen molar-refractivity contribution >= 4 is 26.7 Å². The van der Waals surface area contributed by atoms with Gasteiger partial charge in [-0.2, -0.15) is 0 Å². The largest absolute Gasteiger partial charge is 0.478 e. The fourth-order valence-electron chi connectivity index (χ4n) is 2.18. The Morgan fingerprint density at radius 3 is 2.38 bits per heavy atom. The van der Waals surface area contributed by atoms with Crippen LogP contribution >= 0.6 is 0 Å². The molecule has 0 aliphatic heterocycles. The summed E-state index contributed by atoms with van der Waals surface area (Å²) < 4.78 is 25.0. The van der Waals surface area contributed by atoms with Crippen LogP contribution in [0.3, 0.4) is 0 Å². The van der Waals surface area contributed by atoms with E-state index in [0.29, 0.717) is 10.9 Å². The third-order valence-corrected chi connectivity index (χ3v) is 5.01. The van der Waals surface area contributed by atoms with Crippen LogP contribution in [0.1, 0.15) is 10.4 Å². The summed E-state index contributed by atoms with van der Waals surface area (Å²) >= 11 is 0. The third-order valence-electron chi connectivity index (χ3n) is 3.25. The summed E-state index contributed by atoms with van der Waals surface area (Å²) in [7, 11) is -3.66. The van der Waals surface area contributed by atoms with Gasteiger partial charge < -0.3 is 10.1 Å². The van der Waals surface area contributed by atoms with E-state index >= 15 is 0 Å². The van der Waals surface area contributed by atoms with Crippen LogP contribution < -0.4 is 0 Å². The first kappa shape index (κ1) is 13.4. The van der Waals surface area contributed by atoms with Crippen molar-refractivity contribution in [3.05, 3.63) is 60.3 Å². The average molecular weight is 301 g/mol. The predicted molar refractivity (Wildman–Crippen MR) is 77.2 cm³/mol. The molecule has 0 unspecified atom stereocenters. The normalized spacial score (nSPS) is 11.6. The number of aromatic amines is 1. The molecule has 5 nitrogen and oxygen atoms in total. The minimum atomic E-state index is -3.66. The number of carboxylic acid groups (broad SMARTS) is 1. The van der Waals surface area contributed by atoms with Gasteiger partial charge in [0.25, 0.3) is 0 Å². The molecule has 2 N–H and O–H groups in total. The van der Waals surface area contributed by atoms with Crippen LogP contribution in [0.2, 0.25) is 0 Å². The molecule has 2 aromatic carbocycles. The monoisotopic (exact) mass is 301 g/mol. The van der Waals surface area contributed by atoms with Crippen molar-refractivity contribution < 1.29 is 18.3 Å². The van der Waals surface area contributed by atoms with Gasteiger partial charge in [-0.1, -0.05) is 18.2 Å². The Morgan fingerprint density at radius 1 is 1.00 bits per heavy atom. The van der Waals surface area contributed by atoms with Crippen LogP contribution in [0, 0.1) is 0 Å². The minimum absolute atomic E-state index is 0.0510. The van der Waals surface area contributed by atoms with Crippen LogP contribution in [0.5, 0.6) is 0 Å². The quantitative estimate of drug-likeness (QED) is 0.778. The molecule has 0 bridgehead atoms. The average Bonchev–Trinajstić information content (AvgIpc) is 2.91. The highest BCUT2D eigenvalue weighted by atomic mass is 32.2. The number of carbonyl (C=O) groups is 1. The summed E-state index contributed by atoms with van der Waals surface area (Å²) in [6.07, 6.45) is 1.35. The molecule has 21 heavy (non-hydrogen) atoms. The van der Waals surface area contributed by atoms with Gasteiger partial charge in [0.05, 0.1) is 15.4 Å². The molecule has 106 valence electrons. The van der Waals surface area contributed by atoms with Crippen molar-refractivity contribution in [2.45, 2.75) is 9.79 Å². The Morgan fingerprint density at radius 2 is 1.71 bits per heavy atom. The molecule has 1 aromatic heterocycles. The number of aromatic nitrogens is 1. The zero-order chi connectivity index (χ0) is 15.0. The van der Waals surface area contributed by atoms with E-state index in [9.17, 15) is 13.2 Å². The van der Waals surface area contributed by atoms with E-state index in [-0.39, 0.29) is 15.4 Å². The Balaban J connectivity index is 2.22. The smallest absolute Gasteiger partial charge is 0.337 e. The number of fused-ring (bicyclic) bond motifs is 1. The Labute approximate surface area is 120 Å². The van der Waals surface area contributed by atoms with E-state index in [0.717, 1.165) is 0 Å². The van der Waals surface area contributed by atoms with Crippen molar-refractivity contribution in [1.82, 2.24) is 4.98 Å². The zero-order valence-electron chi connectivity index (χ0n) is 10.8. The highest BCUT2D eigenvalue weighted by Gasteiger charge is 2.19. The van der Waals surface area contributed by atoms with E-state index in [1.54, 1.807) is 24.3 Å². The topological polar surface area (TPSA) is 87.2 Å². The van der Waals surface area contributed by atoms with Crippen molar-refractivity contribution in [3.63, 3.8) is 0 Å². The molecular formula is C15H11NO4S. The van der Waals surface area contributed by atoms with Crippen LogP contribution in [0.15, 0.2) is 64.5 Å². The van der Waals surface area contributed by atoms with Crippen molar-refractivity contribution in [2.24, 2.45) is 0 Å². The van der Waals surface area contributed by atoms with Crippen molar-refractivity contribution in [2.75, 3.05) is 0 Å². The maximum absolute atomic E-state index is 12.5. The van der Waals surface area contributed by atoms with Gasteiger partial charge in [-0.3, -0.25) is 0 Å². The maximum atomic E-state index is 12.5. The molecular weight excluding hydrogens is 290 g/mol. The van der Waals surface area contributed by atoms with E-state index < -0.39 is 15.8 Å². The van der Waals surface area contributed by atoms with Gasteiger partial charge in [-0.25, -0.2) is 13.2 Å². The molecule has 0 saturated carbocycles. The molecule has 3 aromatic rings. The standard InChI is InChI=1S/C15H11NO4S/c17-15(18)13-9-16-14-7-6-11(8-12(13)14)21(19,20)10-4-2-1-3-5-10/h1-9,16H,(H,17,18). The molecule has 0 amide bonds. The van der Waals surface area contributed by atoms with E-state index in [1.807, 2.05) is 0 Å². The lowest BCUT2D eigenvalue weighted by molar-refractivity contribution is 0.0699. The second-order valence-electron chi connectivity index (χ2n) is 4.53. The number of aromatic carboxylic acids is 1. The summed E-state index contributed by atoms with van der Waals surface area (Å²) in [5.41, 5.74) is 0.634. The Kier molecular flexibility index (Phi) is 3.03. The third kappa shape index (κ3) is 2.19. The number of hydrogen-bond acceptors (Lipinski definition) is 3. The van der Waals surface area contributed by atoms with Crippen LogP contribution in [0.4, 0.5) is 0 Å². The lowest BCUT2D eigenvalue weighted by atomic mass is 10.2. The number of carboxylic acids is 1. The fourth-order valence-corrected chi connectivity index (χ4v) is 3.49. The van der Waals surface area contributed by atoms with Gasteiger partial charge >= 0.3 is 5.97 Å². The summed E-state index contributed by atoms with van der Waals surface area (Å²) in [5, 5.41) is 9.49. The first-order valence-corrected chi connectivity index (χ1v) is 7.63. The highest BCUT2D eigenvalue weighted by molar-refractivity contribution is 7.91. The molecule has 0 fully saturated rings. The molecule has 1 heterocycles. The van der Waals surface area contributed by atoms with Gasteiger partial charge in [0.2, 0.25) is 9.84 Å². The number of sulfone groups is 1. The fraction of sp³-hybridized carbons (Fsp3) is 0. The molecule has 0 saturated heterocycles. The summed E-state index contributed by atoms with van der Waals surface area (Å²) in [6.45, 7) is 0. The molecule has 0 aliphatic carbocycles. The summed E-state index contributed by atoms with van der Waals surface area (Å²) in [4.78, 5) is 14.2. The zero-order valence-corrected chi connectivity index (χ0v) is 11.6. The maximum Gasteiger partial charge on any atom is 0.337 e. The first-order chi connectivity index (χ1) is 10.00. The molecule has 3 rings (SSSR count).